The maximum absolute atomic E-state index is 15.0. The Bertz CT molecular complexity index is 2950. The number of amides is 7. The second kappa shape index (κ2) is 39.8. The molecule has 2 aromatic rings. The third-order valence-electron chi connectivity index (χ3n) is 18.8. The number of rotatable bonds is 43. The molecule has 22 nitrogen and oxygen atoms in total. The van der Waals surface area contributed by atoms with E-state index in [-0.39, 0.29) is 148 Å². The zero-order chi connectivity index (χ0) is 71.7. The highest BCUT2D eigenvalue weighted by Crippen LogP contribution is 2.33. The maximum Gasteiger partial charge on any atom is 0.508 e. The van der Waals surface area contributed by atoms with Crippen molar-refractivity contribution in [3.63, 3.8) is 0 Å². The third-order valence-corrected chi connectivity index (χ3v) is 18.8. The summed E-state index contributed by atoms with van der Waals surface area (Å²) >= 11 is 0. The van der Waals surface area contributed by atoms with Crippen molar-refractivity contribution in [3.05, 3.63) is 82.9 Å². The number of hydrogen-bond acceptors (Lipinski definition) is 16. The molecule has 0 radical (unpaired) electrons. The van der Waals surface area contributed by atoms with Crippen molar-refractivity contribution < 1.29 is 80.5 Å². The van der Waals surface area contributed by atoms with Crippen LogP contribution in [-0.2, 0) is 86.3 Å². The monoisotopic (exact) mass is 1350 g/mol. The minimum Gasteiger partial charge on any atom is -0.429 e. The fourth-order valence-corrected chi connectivity index (χ4v) is 13.1. The lowest BCUT2D eigenvalue weighted by molar-refractivity contribution is -0.149. The van der Waals surface area contributed by atoms with Gasteiger partial charge in [0, 0.05) is 102 Å². The number of nitrogens with zero attached hydrogens (tertiary/aromatic N) is 4. The van der Waals surface area contributed by atoms with E-state index in [1.807, 2.05) is 74.4 Å². The molecule has 0 aromatic heterocycles. The normalized spacial score (nSPS) is 17.6. The van der Waals surface area contributed by atoms with Gasteiger partial charge in [-0.25, -0.2) is 13.6 Å². The number of carbonyl (C=O) groups is 11. The van der Waals surface area contributed by atoms with Crippen LogP contribution in [0.5, 0.6) is 0 Å². The van der Waals surface area contributed by atoms with Gasteiger partial charge in [0.25, 0.3) is 11.8 Å². The predicted molar refractivity (Wildman–Crippen MR) is 357 cm³/mol. The van der Waals surface area contributed by atoms with Crippen molar-refractivity contribution in [1.29, 1.82) is 0 Å². The summed E-state index contributed by atoms with van der Waals surface area (Å²) in [5.74, 6) is -7.93. The Labute approximate surface area is 566 Å². The number of primary amides is 1. The number of ether oxygens (including phenoxy) is 4. The molecule has 1 fully saturated rings. The van der Waals surface area contributed by atoms with Crippen molar-refractivity contribution in [2.45, 2.75) is 208 Å². The smallest absolute Gasteiger partial charge is 0.429 e. The number of hydrogen-bond donors (Lipinski definition) is 3. The van der Waals surface area contributed by atoms with Crippen molar-refractivity contribution in [2.75, 3.05) is 55.0 Å². The lowest BCUT2D eigenvalue weighted by atomic mass is 9.83. The first kappa shape index (κ1) is 81.1. The van der Waals surface area contributed by atoms with E-state index in [9.17, 15) is 56.7 Å². The number of unbranched alkanes of at least 4 members (excludes halogenated alkanes) is 3. The molecular formula is C72H107F2N7O15. The first-order valence-electron chi connectivity index (χ1n) is 33.9. The van der Waals surface area contributed by atoms with Gasteiger partial charge in [0.05, 0.1) is 55.3 Å². The standard InChI is InChI=1S/C72H107F2N7O15/c1-15-46(8)67(79(12)71(91)54(44(4)5)39-60(84)66(45(6)7)78(10)11)61(93-13)40-65(88)81-41-51(38-58(81)68(94-14)47(9)69(89)76-34-33-52-55(73)23-21-24-56(52)74)96-72(92)95-42-49-29-27-48(28-30-49)36-59(83)57(25-18-19-26-62(75)85)77-70(90)53(43(2)3)37-50(82)22-17-16-20-35-80-63(86)31-32-64(80)87/h21,23-24,27-32,43-47,51,53-54,57-58,61,66-68H,15-20,22,25-26,33-42H2,1-14H3,(H2,75,85)(H,76,89)(H,77,90)/t46-,47+,51-,53-,54-,57-,58-,61+,66-,67-,68+/m0/s1. The van der Waals surface area contributed by atoms with Crippen LogP contribution in [0, 0.1) is 53.1 Å². The summed E-state index contributed by atoms with van der Waals surface area (Å²) in [6.45, 7) is 16.6. The predicted octanol–water partition coefficient (Wildman–Crippen LogP) is 8.05. The molecule has 0 spiro atoms. The van der Waals surface area contributed by atoms with Crippen molar-refractivity contribution in [1.82, 2.24) is 30.2 Å². The minimum absolute atomic E-state index is 0.00306. The number of Topliss-reactive ketones (excluding diaryl/α,β-unsaturated/α-hetero) is 3. The molecule has 0 unspecified atom stereocenters. The Morgan fingerprint density at radius 3 is 1.90 bits per heavy atom. The van der Waals surface area contributed by atoms with E-state index in [1.54, 1.807) is 43.1 Å². The van der Waals surface area contributed by atoms with Gasteiger partial charge in [-0.15, -0.1) is 0 Å². The Hall–Kier alpha value is -7.31. The molecule has 0 saturated carbocycles. The summed E-state index contributed by atoms with van der Waals surface area (Å²) in [5, 5.41) is 5.64. The Morgan fingerprint density at radius 1 is 0.719 bits per heavy atom. The van der Waals surface area contributed by atoms with Crippen LogP contribution in [0.4, 0.5) is 13.6 Å². The van der Waals surface area contributed by atoms with Crippen molar-refractivity contribution in [2.24, 2.45) is 47.2 Å². The fraction of sp³-hybridized carbons (Fsp3) is 0.653. The number of benzene rings is 2. The average Bonchev–Trinajstić information content (AvgIpc) is 1.57. The zero-order valence-corrected chi connectivity index (χ0v) is 59.0. The van der Waals surface area contributed by atoms with E-state index in [0.29, 0.717) is 49.7 Å². The van der Waals surface area contributed by atoms with Gasteiger partial charge in [-0.3, -0.25) is 57.7 Å². The lowest BCUT2D eigenvalue weighted by Crippen LogP contribution is -2.54. The number of likely N-dealkylation sites (tertiary alicyclic amines) is 1. The van der Waals surface area contributed by atoms with E-state index in [2.05, 4.69) is 10.6 Å². The van der Waals surface area contributed by atoms with Gasteiger partial charge in [-0.05, 0) is 93.1 Å². The quantitative estimate of drug-likeness (QED) is 0.0321. The van der Waals surface area contributed by atoms with Crippen LogP contribution in [0.2, 0.25) is 0 Å². The van der Waals surface area contributed by atoms with Crippen LogP contribution in [0.15, 0.2) is 54.6 Å². The lowest BCUT2D eigenvalue weighted by Gasteiger charge is -2.41. The number of nitrogens with one attached hydrogen (secondary N) is 2. The number of halogens is 2. The summed E-state index contributed by atoms with van der Waals surface area (Å²) in [6, 6.07) is 7.30. The average molecular weight is 1350 g/mol. The third kappa shape index (κ3) is 24.3. The first-order chi connectivity index (χ1) is 45.3. The van der Waals surface area contributed by atoms with E-state index in [4.69, 9.17) is 24.7 Å². The van der Waals surface area contributed by atoms with Gasteiger partial charge in [0.15, 0.2) is 11.6 Å². The largest absolute Gasteiger partial charge is 0.508 e. The Balaban J connectivity index is 1.49. The van der Waals surface area contributed by atoms with E-state index in [0.717, 1.165) is 17.0 Å². The molecule has 4 rings (SSSR count). The van der Waals surface area contributed by atoms with Gasteiger partial charge >= 0.3 is 6.16 Å². The molecule has 11 atom stereocenters. The van der Waals surface area contributed by atoms with E-state index >= 15 is 4.79 Å². The summed E-state index contributed by atoms with van der Waals surface area (Å²) in [6.07, 6.45) is 1.55. The van der Waals surface area contributed by atoms with Crippen molar-refractivity contribution >= 4 is 64.9 Å². The van der Waals surface area contributed by atoms with Gasteiger partial charge in [-0.1, -0.05) is 112 Å². The number of nitrogens with two attached hydrogens (primary N) is 1. The Morgan fingerprint density at radius 2 is 1.33 bits per heavy atom. The highest BCUT2D eigenvalue weighted by Gasteiger charge is 2.47. The maximum atomic E-state index is 15.0. The summed E-state index contributed by atoms with van der Waals surface area (Å²) in [5.41, 5.74) is 6.30. The van der Waals surface area contributed by atoms with Crippen LogP contribution in [0.3, 0.4) is 0 Å². The summed E-state index contributed by atoms with van der Waals surface area (Å²) < 4.78 is 52.7. The highest BCUT2D eigenvalue weighted by atomic mass is 19.1. The second-order valence-electron chi connectivity index (χ2n) is 27.1. The van der Waals surface area contributed by atoms with Gasteiger partial charge in [0.2, 0.25) is 29.5 Å². The molecule has 2 aliphatic rings. The molecule has 534 valence electrons. The number of carbonyl (C=O) groups excluding carboxylic acids is 11. The van der Waals surface area contributed by atoms with Crippen LogP contribution in [0.1, 0.15) is 162 Å². The van der Waals surface area contributed by atoms with Crippen molar-refractivity contribution in [3.8, 4) is 0 Å². The second-order valence-corrected chi connectivity index (χ2v) is 27.1. The zero-order valence-electron chi connectivity index (χ0n) is 59.0. The topological polar surface area (TPSA) is 288 Å². The number of methoxy groups -OCH3 is 2. The first-order valence-corrected chi connectivity index (χ1v) is 33.9. The minimum atomic E-state index is -1.07. The molecule has 4 N–H and O–H groups in total. The molecular weight excluding hydrogens is 1240 g/mol. The van der Waals surface area contributed by atoms with Crippen LogP contribution in [0.25, 0.3) is 0 Å². The molecule has 96 heavy (non-hydrogen) atoms. The SMILES string of the molecule is CC[C@H](C)[C@@H]([C@@H](CC(=O)N1C[C@@H](OC(=O)OCc2ccc(CC(=O)[C@H](CCCCC(N)=O)NC(=O)[C@@H](CC(=O)CCCCCN3C(=O)C=CC3=O)C(C)C)cc2)C[C@H]1[C@H](OC)[C@@H](C)C(=O)NCCc1c(F)cccc1F)OC)N(C)C(=O)[C@@H](CC(=O)[C@H](C(C)C)N(C)C)C(C)C. The van der Waals surface area contributed by atoms with Gasteiger partial charge < -0.3 is 45.1 Å². The van der Waals surface area contributed by atoms with Crippen LogP contribution >= 0.6 is 0 Å². The molecule has 2 aromatic carbocycles. The molecule has 24 heteroatoms. The summed E-state index contributed by atoms with van der Waals surface area (Å²) in [7, 11) is 8.19. The number of ketones is 3. The fourth-order valence-electron chi connectivity index (χ4n) is 13.1. The van der Waals surface area contributed by atoms with Crippen LogP contribution in [-0.4, -0.2) is 182 Å². The summed E-state index contributed by atoms with van der Waals surface area (Å²) in [4.78, 5) is 153. The number of likely N-dealkylation sites (N-methyl/N-ethyl adjacent to an activating group) is 2. The molecule has 0 bridgehead atoms. The van der Waals surface area contributed by atoms with E-state index < -0.39 is 102 Å². The molecule has 1 saturated heterocycles. The van der Waals surface area contributed by atoms with Gasteiger partial charge in [-0.2, -0.15) is 0 Å². The molecule has 2 heterocycles. The molecule has 7 amide bonds. The molecule has 2 aliphatic heterocycles. The van der Waals surface area contributed by atoms with Gasteiger partial charge in [0.1, 0.15) is 30.1 Å². The highest BCUT2D eigenvalue weighted by molar-refractivity contribution is 6.12. The Kier molecular flexibility index (Phi) is 33.6. The number of imide groups is 1. The van der Waals surface area contributed by atoms with E-state index in [1.165, 1.54) is 37.3 Å². The van der Waals surface area contributed by atoms with Crippen LogP contribution < -0.4 is 16.4 Å². The molecule has 0 aliphatic carbocycles.